The predicted octanol–water partition coefficient (Wildman–Crippen LogP) is 4.57. The molecule has 0 aromatic carbocycles. The molecule has 0 radical (unpaired) electrons. The number of ether oxygens (including phenoxy) is 2. The highest BCUT2D eigenvalue weighted by atomic mass is 16.6. The molecule has 8 heteroatoms. The lowest BCUT2D eigenvalue weighted by atomic mass is 9.84. The van der Waals surface area contributed by atoms with Crippen molar-refractivity contribution in [2.75, 3.05) is 13.2 Å². The summed E-state index contributed by atoms with van der Waals surface area (Å²) in [6.45, 7) is 7.05. The molecule has 0 spiro atoms. The van der Waals surface area contributed by atoms with Crippen molar-refractivity contribution in [1.29, 1.82) is 0 Å². The Labute approximate surface area is 187 Å². The molecule has 1 fully saturated rings. The molecule has 1 saturated carbocycles. The van der Waals surface area contributed by atoms with Crippen molar-refractivity contribution in [1.82, 2.24) is 24.7 Å². The van der Waals surface area contributed by atoms with Gasteiger partial charge >= 0.3 is 6.09 Å². The van der Waals surface area contributed by atoms with Crippen molar-refractivity contribution in [3.63, 3.8) is 0 Å². The molecular formula is C24H31N5O3. The Morgan fingerprint density at radius 1 is 1.28 bits per heavy atom. The second-order valence-corrected chi connectivity index (χ2v) is 9.80. The van der Waals surface area contributed by atoms with Crippen LogP contribution in [0.15, 0.2) is 24.7 Å². The van der Waals surface area contributed by atoms with Crippen LogP contribution in [0.5, 0.6) is 0 Å². The molecular weight excluding hydrogens is 406 g/mol. The van der Waals surface area contributed by atoms with E-state index in [0.29, 0.717) is 12.5 Å². The molecule has 32 heavy (non-hydrogen) atoms. The van der Waals surface area contributed by atoms with E-state index in [1.165, 1.54) is 11.1 Å². The van der Waals surface area contributed by atoms with E-state index in [9.17, 15) is 4.79 Å². The smallest absolute Gasteiger partial charge is 0.407 e. The second-order valence-electron chi connectivity index (χ2n) is 9.80. The minimum absolute atomic E-state index is 0.156. The molecule has 0 saturated heterocycles. The van der Waals surface area contributed by atoms with E-state index in [1.807, 2.05) is 33.2 Å². The van der Waals surface area contributed by atoms with Crippen LogP contribution >= 0.6 is 0 Å². The molecule has 2 N–H and O–H groups in total. The first-order valence-electron chi connectivity index (χ1n) is 11.5. The van der Waals surface area contributed by atoms with Gasteiger partial charge in [0.2, 0.25) is 0 Å². The molecule has 0 unspecified atom stereocenters. The zero-order chi connectivity index (χ0) is 22.3. The summed E-state index contributed by atoms with van der Waals surface area (Å²) in [5.41, 5.74) is 5.91. The van der Waals surface area contributed by atoms with Crippen LogP contribution < -0.4 is 5.32 Å². The fourth-order valence-corrected chi connectivity index (χ4v) is 4.77. The van der Waals surface area contributed by atoms with Gasteiger partial charge < -0.3 is 19.8 Å². The molecule has 3 aromatic rings. The Bertz CT molecular complexity index is 1160. The first kappa shape index (κ1) is 21.0. The van der Waals surface area contributed by atoms with Gasteiger partial charge in [-0.3, -0.25) is 4.40 Å². The van der Waals surface area contributed by atoms with Crippen LogP contribution in [0.25, 0.3) is 22.4 Å². The predicted molar refractivity (Wildman–Crippen MR) is 123 cm³/mol. The Kier molecular flexibility index (Phi) is 5.41. The maximum atomic E-state index is 12.1. The standard InChI is InChI=1S/C24H31N5O3/c1-24(2,3)32-23(30)27-17-6-4-16(5-7-17)19-14-29-20(28-19)13-26-22-21(29)18(12-25-22)15-8-10-31-11-9-15/h8,12-14,16-17,25H,4-7,9-11H2,1-3H3,(H,27,30). The van der Waals surface area contributed by atoms with Gasteiger partial charge in [0.25, 0.3) is 0 Å². The van der Waals surface area contributed by atoms with Crippen molar-refractivity contribution in [3.8, 4) is 0 Å². The number of nitrogens with one attached hydrogen (secondary N) is 2. The summed E-state index contributed by atoms with van der Waals surface area (Å²) in [4.78, 5) is 24.9. The molecule has 5 rings (SSSR count). The lowest BCUT2D eigenvalue weighted by Gasteiger charge is -2.29. The van der Waals surface area contributed by atoms with E-state index in [0.717, 1.165) is 61.2 Å². The molecule has 1 amide bonds. The van der Waals surface area contributed by atoms with Gasteiger partial charge in [-0.2, -0.15) is 0 Å². The van der Waals surface area contributed by atoms with Gasteiger partial charge in [-0.05, 0) is 58.4 Å². The van der Waals surface area contributed by atoms with Crippen LogP contribution in [0.2, 0.25) is 0 Å². The summed E-state index contributed by atoms with van der Waals surface area (Å²) in [7, 11) is 0. The van der Waals surface area contributed by atoms with Gasteiger partial charge in [-0.25, -0.2) is 14.8 Å². The summed E-state index contributed by atoms with van der Waals surface area (Å²) in [5, 5.41) is 3.02. The number of rotatable bonds is 3. The summed E-state index contributed by atoms with van der Waals surface area (Å²) >= 11 is 0. The summed E-state index contributed by atoms with van der Waals surface area (Å²) in [6.07, 6.45) is 12.6. The van der Waals surface area contributed by atoms with Gasteiger partial charge in [0.05, 0.1) is 30.6 Å². The van der Waals surface area contributed by atoms with Crippen molar-refractivity contribution in [3.05, 3.63) is 35.9 Å². The number of carbonyl (C=O) groups excluding carboxylic acids is 1. The summed E-state index contributed by atoms with van der Waals surface area (Å²) in [5.74, 6) is 0.381. The SMILES string of the molecule is CC(C)(C)OC(=O)NC1CCC(c2cn3c(cnc4[nH]cc(C5=CCOCC5)c43)n2)CC1. The average molecular weight is 438 g/mol. The number of amides is 1. The summed E-state index contributed by atoms with van der Waals surface area (Å²) < 4.78 is 13.1. The third kappa shape index (κ3) is 4.24. The quantitative estimate of drug-likeness (QED) is 0.626. The third-order valence-corrected chi connectivity index (χ3v) is 6.31. The molecule has 4 heterocycles. The zero-order valence-corrected chi connectivity index (χ0v) is 19.0. The van der Waals surface area contributed by atoms with E-state index in [2.05, 4.69) is 32.0 Å². The maximum Gasteiger partial charge on any atom is 0.407 e. The van der Waals surface area contributed by atoms with E-state index >= 15 is 0 Å². The normalized spacial score (nSPS) is 22.2. The van der Waals surface area contributed by atoms with Gasteiger partial charge in [-0.1, -0.05) is 6.08 Å². The fourth-order valence-electron chi connectivity index (χ4n) is 4.77. The van der Waals surface area contributed by atoms with Gasteiger partial charge in [-0.15, -0.1) is 0 Å². The minimum Gasteiger partial charge on any atom is -0.444 e. The Morgan fingerprint density at radius 3 is 2.81 bits per heavy atom. The molecule has 170 valence electrons. The zero-order valence-electron chi connectivity index (χ0n) is 19.0. The minimum atomic E-state index is -0.477. The topological polar surface area (TPSA) is 93.5 Å². The number of fused-ring (bicyclic) bond motifs is 3. The number of aromatic amines is 1. The average Bonchev–Trinajstić information content (AvgIpc) is 3.37. The number of imidazole rings is 1. The van der Waals surface area contributed by atoms with E-state index in [-0.39, 0.29) is 12.1 Å². The number of hydrogen-bond donors (Lipinski definition) is 2. The van der Waals surface area contributed by atoms with Crippen LogP contribution in [0, 0.1) is 0 Å². The molecule has 8 nitrogen and oxygen atoms in total. The highest BCUT2D eigenvalue weighted by Crippen LogP contribution is 2.34. The van der Waals surface area contributed by atoms with Crippen LogP contribution in [0.4, 0.5) is 4.79 Å². The number of alkyl carbamates (subject to hydrolysis) is 1. The third-order valence-electron chi connectivity index (χ3n) is 6.31. The van der Waals surface area contributed by atoms with Gasteiger partial charge in [0, 0.05) is 29.9 Å². The first-order valence-corrected chi connectivity index (χ1v) is 11.5. The van der Waals surface area contributed by atoms with Crippen molar-refractivity contribution >= 4 is 28.5 Å². The number of hydrogen-bond acceptors (Lipinski definition) is 5. The monoisotopic (exact) mass is 437 g/mol. The van der Waals surface area contributed by atoms with Crippen molar-refractivity contribution < 1.29 is 14.3 Å². The number of carbonyl (C=O) groups is 1. The number of nitrogens with zero attached hydrogens (tertiary/aromatic N) is 3. The molecule has 1 aliphatic carbocycles. The fraction of sp³-hybridized carbons (Fsp3) is 0.542. The molecule has 0 atom stereocenters. The highest BCUT2D eigenvalue weighted by Gasteiger charge is 2.27. The van der Waals surface area contributed by atoms with Crippen LogP contribution in [-0.4, -0.2) is 50.3 Å². The molecule has 2 aliphatic rings. The lowest BCUT2D eigenvalue weighted by Crippen LogP contribution is -2.40. The van der Waals surface area contributed by atoms with Crippen LogP contribution in [0.3, 0.4) is 0 Å². The van der Waals surface area contributed by atoms with E-state index in [4.69, 9.17) is 14.5 Å². The maximum absolute atomic E-state index is 12.1. The van der Waals surface area contributed by atoms with E-state index < -0.39 is 5.60 Å². The summed E-state index contributed by atoms with van der Waals surface area (Å²) in [6, 6.07) is 0.156. The molecule has 3 aromatic heterocycles. The number of H-pyrrole nitrogens is 1. The first-order chi connectivity index (χ1) is 15.4. The molecule has 1 aliphatic heterocycles. The largest absolute Gasteiger partial charge is 0.444 e. The highest BCUT2D eigenvalue weighted by molar-refractivity contribution is 5.89. The van der Waals surface area contributed by atoms with Gasteiger partial charge in [0.15, 0.2) is 11.3 Å². The number of aromatic nitrogens is 4. The van der Waals surface area contributed by atoms with Crippen LogP contribution in [-0.2, 0) is 9.47 Å². The van der Waals surface area contributed by atoms with Crippen molar-refractivity contribution in [2.24, 2.45) is 0 Å². The Morgan fingerprint density at radius 2 is 2.09 bits per heavy atom. The second kappa shape index (κ2) is 8.24. The Balaban J connectivity index is 1.34. The molecule has 0 bridgehead atoms. The van der Waals surface area contributed by atoms with Crippen molar-refractivity contribution in [2.45, 2.75) is 70.4 Å². The lowest BCUT2D eigenvalue weighted by molar-refractivity contribution is 0.0491. The van der Waals surface area contributed by atoms with E-state index in [1.54, 1.807) is 0 Å². The van der Waals surface area contributed by atoms with Gasteiger partial charge in [0.1, 0.15) is 5.60 Å². The Hall–Kier alpha value is -2.87. The van der Waals surface area contributed by atoms with Crippen LogP contribution in [0.1, 0.15) is 70.1 Å².